The fourth-order valence-electron chi connectivity index (χ4n) is 2.62. The van der Waals surface area contributed by atoms with E-state index in [1.165, 1.54) is 0 Å². The van der Waals surface area contributed by atoms with E-state index < -0.39 is 0 Å². The van der Waals surface area contributed by atoms with Crippen molar-refractivity contribution in [3.8, 4) is 0 Å². The predicted octanol–water partition coefficient (Wildman–Crippen LogP) is 5.47. The summed E-state index contributed by atoms with van der Waals surface area (Å²) in [5.74, 6) is -0.683. The highest BCUT2D eigenvalue weighted by Gasteiger charge is 2.12. The van der Waals surface area contributed by atoms with Crippen molar-refractivity contribution < 1.29 is 9.59 Å². The molecular weight excluding hydrogens is 576 g/mol. The van der Waals surface area contributed by atoms with Crippen molar-refractivity contribution in [2.75, 3.05) is 10.6 Å². The van der Waals surface area contributed by atoms with Crippen LogP contribution < -0.4 is 21.3 Å². The van der Waals surface area contributed by atoms with Gasteiger partial charge in [-0.3, -0.25) is 20.2 Å². The number of carbonyl (C=O) groups is 2. The van der Waals surface area contributed by atoms with Crippen molar-refractivity contribution in [1.29, 1.82) is 0 Å². The van der Waals surface area contributed by atoms with Crippen molar-refractivity contribution >= 4 is 89.7 Å². The Kier molecular flexibility index (Phi) is 8.46. The quantitative estimate of drug-likeness (QED) is 0.301. The Bertz CT molecular complexity index is 1110. The number of thiocarbonyl (C=S) groups is 2. The third-order valence-corrected chi connectivity index (χ3v) is 5.45. The lowest BCUT2D eigenvalue weighted by molar-refractivity contribution is 0.0969. The summed E-state index contributed by atoms with van der Waals surface area (Å²) in [4.78, 5) is 24.8. The van der Waals surface area contributed by atoms with Crippen molar-refractivity contribution in [2.24, 2.45) is 0 Å². The van der Waals surface area contributed by atoms with E-state index >= 15 is 0 Å². The lowest BCUT2D eigenvalue weighted by Gasteiger charge is -2.16. The molecule has 0 saturated carbocycles. The van der Waals surface area contributed by atoms with E-state index in [2.05, 4.69) is 53.1 Å². The molecule has 0 spiro atoms. The van der Waals surface area contributed by atoms with Gasteiger partial charge in [-0.2, -0.15) is 0 Å². The number of nitrogens with one attached hydrogen (secondary N) is 4. The molecule has 6 nitrogen and oxygen atoms in total. The summed E-state index contributed by atoms with van der Waals surface area (Å²) in [6.45, 7) is 0. The van der Waals surface area contributed by atoms with Crippen LogP contribution in [-0.2, 0) is 0 Å². The number of hydrogen-bond acceptors (Lipinski definition) is 4. The zero-order chi connectivity index (χ0) is 23.1. The molecule has 0 fully saturated rings. The molecule has 0 bridgehead atoms. The molecule has 10 heteroatoms. The van der Waals surface area contributed by atoms with E-state index in [1.54, 1.807) is 60.7 Å². The first-order chi connectivity index (χ1) is 15.3. The van der Waals surface area contributed by atoms with Gasteiger partial charge in [-0.1, -0.05) is 56.1 Å². The number of rotatable bonds is 4. The smallest absolute Gasteiger partial charge is 0.257 e. The highest BCUT2D eigenvalue weighted by Crippen LogP contribution is 2.21. The largest absolute Gasteiger partial charge is 0.331 e. The molecule has 0 unspecified atom stereocenters. The normalized spacial score (nSPS) is 10.1. The average Bonchev–Trinajstić information content (AvgIpc) is 2.75. The molecule has 2 amide bonds. The first-order valence-corrected chi connectivity index (χ1v) is 11.6. The van der Waals surface area contributed by atoms with Crippen LogP contribution in [0, 0.1) is 0 Å². The van der Waals surface area contributed by atoms with Gasteiger partial charge in [0.05, 0.1) is 11.4 Å². The van der Waals surface area contributed by atoms with Crippen LogP contribution in [0.2, 0.25) is 0 Å². The molecule has 4 N–H and O–H groups in total. The fourth-order valence-corrected chi connectivity index (χ4v) is 3.82. The molecule has 3 rings (SSSR count). The van der Waals surface area contributed by atoms with E-state index in [4.69, 9.17) is 24.4 Å². The number of halogens is 2. The second-order valence-electron chi connectivity index (χ2n) is 6.38. The van der Waals surface area contributed by atoms with Gasteiger partial charge in [-0.05, 0) is 73.0 Å². The summed E-state index contributed by atoms with van der Waals surface area (Å²) in [6.07, 6.45) is 0. The van der Waals surface area contributed by atoms with Crippen LogP contribution in [-0.4, -0.2) is 22.0 Å². The van der Waals surface area contributed by atoms with Crippen LogP contribution in [0.3, 0.4) is 0 Å². The van der Waals surface area contributed by atoms with Crippen molar-refractivity contribution in [3.05, 3.63) is 92.9 Å². The van der Waals surface area contributed by atoms with Crippen LogP contribution in [0.5, 0.6) is 0 Å². The number of amides is 2. The molecule has 0 atom stereocenters. The summed E-state index contributed by atoms with van der Waals surface area (Å²) in [5, 5.41) is 11.5. The van der Waals surface area contributed by atoms with Gasteiger partial charge in [0.25, 0.3) is 11.8 Å². The highest BCUT2D eigenvalue weighted by atomic mass is 79.9. The van der Waals surface area contributed by atoms with Crippen molar-refractivity contribution in [2.45, 2.75) is 0 Å². The van der Waals surface area contributed by atoms with E-state index in [9.17, 15) is 9.59 Å². The highest BCUT2D eigenvalue weighted by molar-refractivity contribution is 9.10. The van der Waals surface area contributed by atoms with Gasteiger partial charge >= 0.3 is 0 Å². The topological polar surface area (TPSA) is 82.3 Å². The predicted molar refractivity (Wildman–Crippen MR) is 142 cm³/mol. The number of anilines is 2. The molecule has 162 valence electrons. The molecule has 0 aliphatic heterocycles. The average molecular weight is 592 g/mol. The minimum absolute atomic E-state index is 0.119. The molecule has 0 aromatic heterocycles. The molecule has 0 heterocycles. The van der Waals surface area contributed by atoms with Gasteiger partial charge in [-0.25, -0.2) is 0 Å². The molecule has 3 aromatic rings. The molecule has 3 aromatic carbocycles. The number of hydrogen-bond donors (Lipinski definition) is 4. The Hall–Kier alpha value is -2.66. The number of para-hydroxylation sites is 2. The SMILES string of the molecule is O=C(NC(=S)Nc1ccccc1NC(=S)NC(=O)c1cccc(Br)c1)c1cccc(Br)c1. The van der Waals surface area contributed by atoms with E-state index in [0.29, 0.717) is 22.5 Å². The van der Waals surface area contributed by atoms with Gasteiger partial charge in [0.2, 0.25) is 0 Å². The van der Waals surface area contributed by atoms with E-state index in [1.807, 2.05) is 12.1 Å². The molecule has 0 aliphatic carbocycles. The van der Waals surface area contributed by atoms with Crippen LogP contribution in [0.4, 0.5) is 11.4 Å². The second-order valence-corrected chi connectivity index (χ2v) is 9.03. The van der Waals surface area contributed by atoms with Crippen molar-refractivity contribution in [1.82, 2.24) is 10.6 Å². The lowest BCUT2D eigenvalue weighted by Crippen LogP contribution is -2.36. The monoisotopic (exact) mass is 590 g/mol. The lowest BCUT2D eigenvalue weighted by atomic mass is 10.2. The Balaban J connectivity index is 1.62. The first-order valence-electron chi connectivity index (χ1n) is 9.16. The van der Waals surface area contributed by atoms with Crippen LogP contribution in [0.15, 0.2) is 81.7 Å². The Morgan fingerprint density at radius 2 is 1.03 bits per heavy atom. The van der Waals surface area contributed by atoms with E-state index in [-0.39, 0.29) is 22.0 Å². The molecule has 0 radical (unpaired) electrons. The van der Waals surface area contributed by atoms with E-state index in [0.717, 1.165) is 8.95 Å². The second kappa shape index (κ2) is 11.3. The standard InChI is InChI=1S/C22H16Br2N4O2S2/c23-15-7-3-5-13(11-15)19(29)27-21(31)25-17-9-1-2-10-18(17)26-22(32)28-20(30)14-6-4-8-16(24)12-14/h1-12H,(H2,25,27,29,31)(H2,26,28,30,32). The molecule has 0 saturated heterocycles. The maximum Gasteiger partial charge on any atom is 0.257 e. The minimum Gasteiger partial charge on any atom is -0.331 e. The summed E-state index contributed by atoms with van der Waals surface area (Å²) >= 11 is 17.2. The Labute approximate surface area is 212 Å². The van der Waals surface area contributed by atoms with Gasteiger partial charge < -0.3 is 10.6 Å². The minimum atomic E-state index is -0.342. The molecular formula is C22H16Br2N4O2S2. The number of carbonyl (C=O) groups excluding carboxylic acids is 2. The summed E-state index contributed by atoms with van der Waals surface area (Å²) in [5.41, 5.74) is 2.08. The van der Waals surface area contributed by atoms with Crippen LogP contribution in [0.1, 0.15) is 20.7 Å². The molecule has 32 heavy (non-hydrogen) atoms. The maximum atomic E-state index is 12.4. The number of benzene rings is 3. The zero-order valence-corrected chi connectivity index (χ0v) is 21.1. The van der Waals surface area contributed by atoms with Gasteiger partial charge in [-0.15, -0.1) is 0 Å². The summed E-state index contributed by atoms with van der Waals surface area (Å²) < 4.78 is 1.58. The zero-order valence-electron chi connectivity index (χ0n) is 16.3. The van der Waals surface area contributed by atoms with Gasteiger partial charge in [0, 0.05) is 20.1 Å². The van der Waals surface area contributed by atoms with Gasteiger partial charge in [0.15, 0.2) is 10.2 Å². The summed E-state index contributed by atoms with van der Waals surface area (Å²) in [7, 11) is 0. The van der Waals surface area contributed by atoms with Gasteiger partial charge in [0.1, 0.15) is 0 Å². The van der Waals surface area contributed by atoms with Crippen molar-refractivity contribution in [3.63, 3.8) is 0 Å². The summed E-state index contributed by atoms with van der Waals surface area (Å²) in [6, 6.07) is 21.1. The van der Waals surface area contributed by atoms with Crippen LogP contribution in [0.25, 0.3) is 0 Å². The first kappa shape index (κ1) is 24.0. The van der Waals surface area contributed by atoms with Crippen LogP contribution >= 0.6 is 56.3 Å². The fraction of sp³-hybridized carbons (Fsp3) is 0. The Morgan fingerprint density at radius 3 is 1.41 bits per heavy atom. The maximum absolute atomic E-state index is 12.4. The Morgan fingerprint density at radius 1 is 0.625 bits per heavy atom. The third kappa shape index (κ3) is 6.92. The third-order valence-electron chi connectivity index (χ3n) is 4.05. The molecule has 0 aliphatic rings.